The number of hydrogen-bond donors (Lipinski definition) is 2. The van der Waals surface area contributed by atoms with Crippen LogP contribution in [0.25, 0.3) is 0 Å². The molecular formula is C27H39N5O6. The average Bonchev–Trinajstić information content (AvgIpc) is 3.16. The van der Waals surface area contributed by atoms with Crippen LogP contribution in [0.5, 0.6) is 5.75 Å². The van der Waals surface area contributed by atoms with Crippen LogP contribution in [0.4, 0.5) is 0 Å². The van der Waals surface area contributed by atoms with Crippen molar-refractivity contribution in [3.05, 3.63) is 29.8 Å². The van der Waals surface area contributed by atoms with E-state index in [9.17, 15) is 24.0 Å². The van der Waals surface area contributed by atoms with E-state index in [0.29, 0.717) is 44.8 Å². The van der Waals surface area contributed by atoms with Crippen molar-refractivity contribution in [3.8, 4) is 5.75 Å². The van der Waals surface area contributed by atoms with Gasteiger partial charge < -0.3 is 30.1 Å². The van der Waals surface area contributed by atoms with E-state index >= 15 is 0 Å². The first-order valence-electron chi connectivity index (χ1n) is 13.2. The van der Waals surface area contributed by atoms with Gasteiger partial charge in [0.15, 0.2) is 0 Å². The summed E-state index contributed by atoms with van der Waals surface area (Å²) in [5, 5.41) is 5.55. The standard InChI is InChI=1S/C27H39N5O6/c1-5-18(2)24-27(37)30(4)15-16-38-22-10-7-6-9-20(22)25(35)28-21(17-23(34)29-24)26(36)32-12-8-11-31(13-14-32)19(3)33/h6-7,9-10,18,21,24H,5,8,11-17H2,1-4H3,(H,28,35)(H,29,34)/t18-,21+,24+/m1/s1. The molecule has 1 aromatic carbocycles. The smallest absolute Gasteiger partial charge is 0.255 e. The summed E-state index contributed by atoms with van der Waals surface area (Å²) in [4.78, 5) is 70.0. The molecular weight excluding hydrogens is 490 g/mol. The molecule has 1 saturated heterocycles. The molecule has 11 heteroatoms. The predicted molar refractivity (Wildman–Crippen MR) is 140 cm³/mol. The normalized spacial score (nSPS) is 22.7. The summed E-state index contributed by atoms with van der Waals surface area (Å²) in [5.74, 6) is -1.57. The quantitative estimate of drug-likeness (QED) is 0.591. The molecule has 3 rings (SSSR count). The van der Waals surface area contributed by atoms with E-state index in [0.717, 1.165) is 0 Å². The number of nitrogens with one attached hydrogen (secondary N) is 2. The molecule has 5 amide bonds. The highest BCUT2D eigenvalue weighted by Gasteiger charge is 2.34. The van der Waals surface area contributed by atoms with Crippen molar-refractivity contribution in [2.45, 2.75) is 52.1 Å². The summed E-state index contributed by atoms with van der Waals surface area (Å²) in [5.41, 5.74) is 0.229. The molecule has 11 nitrogen and oxygen atoms in total. The summed E-state index contributed by atoms with van der Waals surface area (Å²) in [6.07, 6.45) is 0.921. The largest absolute Gasteiger partial charge is 0.491 e. The fourth-order valence-corrected chi connectivity index (χ4v) is 4.63. The molecule has 2 aliphatic rings. The molecule has 38 heavy (non-hydrogen) atoms. The number of hydrogen-bond acceptors (Lipinski definition) is 6. The molecule has 0 saturated carbocycles. The Hall–Kier alpha value is -3.63. The minimum absolute atomic E-state index is 0.0627. The van der Waals surface area contributed by atoms with Crippen molar-refractivity contribution < 1.29 is 28.7 Å². The van der Waals surface area contributed by atoms with Gasteiger partial charge in [0.2, 0.25) is 23.6 Å². The molecule has 0 radical (unpaired) electrons. The summed E-state index contributed by atoms with van der Waals surface area (Å²) < 4.78 is 5.85. The summed E-state index contributed by atoms with van der Waals surface area (Å²) >= 11 is 0. The first kappa shape index (κ1) is 28.9. The summed E-state index contributed by atoms with van der Waals surface area (Å²) in [6.45, 7) is 7.34. The third-order valence-electron chi connectivity index (χ3n) is 7.23. The number of carbonyl (C=O) groups excluding carboxylic acids is 5. The third kappa shape index (κ3) is 7.23. The average molecular weight is 530 g/mol. The fourth-order valence-electron chi connectivity index (χ4n) is 4.63. The Morgan fingerprint density at radius 3 is 2.42 bits per heavy atom. The maximum absolute atomic E-state index is 13.6. The van der Waals surface area contributed by atoms with Crippen molar-refractivity contribution in [2.75, 3.05) is 46.4 Å². The Kier molecular flexibility index (Phi) is 10.1. The molecule has 0 aliphatic carbocycles. The zero-order valence-electron chi connectivity index (χ0n) is 22.7. The maximum Gasteiger partial charge on any atom is 0.255 e. The minimum atomic E-state index is -1.16. The SMILES string of the molecule is CC[C@@H](C)[C@@H]1NC(=O)C[C@@H](C(=O)N2CCCN(C(C)=O)CC2)NC(=O)c2ccccc2OCCN(C)C1=O. The van der Waals surface area contributed by atoms with Crippen LogP contribution < -0.4 is 15.4 Å². The second kappa shape index (κ2) is 13.3. The van der Waals surface area contributed by atoms with Crippen molar-refractivity contribution in [1.29, 1.82) is 0 Å². The first-order valence-corrected chi connectivity index (χ1v) is 13.2. The van der Waals surface area contributed by atoms with Gasteiger partial charge in [0.25, 0.3) is 5.91 Å². The number of amides is 5. The van der Waals surface area contributed by atoms with Crippen molar-refractivity contribution in [3.63, 3.8) is 0 Å². The Morgan fingerprint density at radius 1 is 1.03 bits per heavy atom. The lowest BCUT2D eigenvalue weighted by Gasteiger charge is -2.30. The van der Waals surface area contributed by atoms with Crippen molar-refractivity contribution in [1.82, 2.24) is 25.3 Å². The van der Waals surface area contributed by atoms with Crippen LogP contribution in [0.1, 0.15) is 50.4 Å². The number of benzene rings is 1. The predicted octanol–water partition coefficient (Wildman–Crippen LogP) is 0.638. The van der Waals surface area contributed by atoms with E-state index in [2.05, 4.69) is 10.6 Å². The van der Waals surface area contributed by atoms with E-state index < -0.39 is 29.8 Å². The number of rotatable bonds is 3. The van der Waals surface area contributed by atoms with Crippen LogP contribution in [0, 0.1) is 5.92 Å². The monoisotopic (exact) mass is 529 g/mol. The van der Waals surface area contributed by atoms with Gasteiger partial charge in [-0.15, -0.1) is 0 Å². The van der Waals surface area contributed by atoms with E-state index in [1.54, 1.807) is 41.1 Å². The van der Waals surface area contributed by atoms with E-state index in [1.807, 2.05) is 13.8 Å². The molecule has 2 N–H and O–H groups in total. The minimum Gasteiger partial charge on any atom is -0.491 e. The second-order valence-electron chi connectivity index (χ2n) is 9.95. The van der Waals surface area contributed by atoms with Gasteiger partial charge in [-0.2, -0.15) is 0 Å². The molecule has 0 aromatic heterocycles. The van der Waals surface area contributed by atoms with Gasteiger partial charge in [-0.3, -0.25) is 24.0 Å². The molecule has 208 valence electrons. The molecule has 1 aromatic rings. The van der Waals surface area contributed by atoms with Crippen LogP contribution in [0.15, 0.2) is 24.3 Å². The van der Waals surface area contributed by atoms with Gasteiger partial charge in [0, 0.05) is 40.2 Å². The lowest BCUT2D eigenvalue weighted by molar-refractivity contribution is -0.139. The lowest BCUT2D eigenvalue weighted by Crippen LogP contribution is -2.55. The van der Waals surface area contributed by atoms with Gasteiger partial charge in [-0.05, 0) is 24.5 Å². The number of carbonyl (C=O) groups is 5. The zero-order valence-corrected chi connectivity index (χ0v) is 22.7. The van der Waals surface area contributed by atoms with Gasteiger partial charge in [0.1, 0.15) is 24.4 Å². The Morgan fingerprint density at radius 2 is 1.71 bits per heavy atom. The fraction of sp³-hybridized carbons (Fsp3) is 0.593. The van der Waals surface area contributed by atoms with Crippen LogP contribution >= 0.6 is 0 Å². The zero-order chi connectivity index (χ0) is 27.8. The van der Waals surface area contributed by atoms with E-state index in [1.165, 1.54) is 11.8 Å². The topological polar surface area (TPSA) is 128 Å². The molecule has 3 atom stereocenters. The highest BCUT2D eigenvalue weighted by molar-refractivity contribution is 6.01. The van der Waals surface area contributed by atoms with E-state index in [-0.39, 0.29) is 42.9 Å². The summed E-state index contributed by atoms with van der Waals surface area (Å²) in [7, 11) is 1.65. The van der Waals surface area contributed by atoms with Gasteiger partial charge in [0.05, 0.1) is 18.5 Å². The maximum atomic E-state index is 13.6. The van der Waals surface area contributed by atoms with Gasteiger partial charge >= 0.3 is 0 Å². The molecule has 0 spiro atoms. The Bertz CT molecular complexity index is 1050. The van der Waals surface area contributed by atoms with Crippen LogP contribution in [-0.4, -0.2) is 103 Å². The molecule has 2 aliphatic heterocycles. The van der Waals surface area contributed by atoms with Crippen LogP contribution in [0.3, 0.4) is 0 Å². The number of likely N-dealkylation sites (N-methyl/N-ethyl adjacent to an activating group) is 1. The number of ether oxygens (including phenoxy) is 1. The van der Waals surface area contributed by atoms with Crippen molar-refractivity contribution >= 4 is 29.5 Å². The van der Waals surface area contributed by atoms with Gasteiger partial charge in [-0.25, -0.2) is 0 Å². The summed E-state index contributed by atoms with van der Waals surface area (Å²) in [6, 6.07) is 4.72. The Labute approximate surface area is 223 Å². The lowest BCUT2D eigenvalue weighted by atomic mass is 9.97. The van der Waals surface area contributed by atoms with Crippen LogP contribution in [-0.2, 0) is 19.2 Å². The molecule has 2 heterocycles. The highest BCUT2D eigenvalue weighted by Crippen LogP contribution is 2.19. The molecule has 0 unspecified atom stereocenters. The second-order valence-corrected chi connectivity index (χ2v) is 9.95. The first-order chi connectivity index (χ1) is 18.1. The van der Waals surface area contributed by atoms with Crippen LogP contribution in [0.2, 0.25) is 0 Å². The third-order valence-corrected chi connectivity index (χ3v) is 7.23. The van der Waals surface area contributed by atoms with E-state index in [4.69, 9.17) is 4.74 Å². The molecule has 0 bridgehead atoms. The highest BCUT2D eigenvalue weighted by atomic mass is 16.5. The number of para-hydroxylation sites is 1. The van der Waals surface area contributed by atoms with Gasteiger partial charge in [-0.1, -0.05) is 32.4 Å². The number of nitrogens with zero attached hydrogens (tertiary/aromatic N) is 3. The molecule has 1 fully saturated rings. The Balaban J connectivity index is 1.91. The van der Waals surface area contributed by atoms with Crippen molar-refractivity contribution in [2.24, 2.45) is 5.92 Å². The number of fused-ring (bicyclic) bond motifs is 1.